The Labute approximate surface area is 214 Å². The van der Waals surface area contributed by atoms with Crippen LogP contribution in [0.5, 0.6) is 17.2 Å². The van der Waals surface area contributed by atoms with Gasteiger partial charge < -0.3 is 29.0 Å². The molecule has 0 heterocycles. The Balaban J connectivity index is 1.45. The Kier molecular flexibility index (Phi) is 10.0. The molecule has 0 bridgehead atoms. The van der Waals surface area contributed by atoms with Crippen molar-refractivity contribution in [3.05, 3.63) is 96.6 Å². The summed E-state index contributed by atoms with van der Waals surface area (Å²) in [7, 11) is -1.70. The van der Waals surface area contributed by atoms with Crippen LogP contribution >= 0.6 is 0 Å². The summed E-state index contributed by atoms with van der Waals surface area (Å²) in [6.07, 6.45) is 2.46. The van der Waals surface area contributed by atoms with Gasteiger partial charge in [-0.1, -0.05) is 18.7 Å². The van der Waals surface area contributed by atoms with E-state index in [0.29, 0.717) is 37.4 Å². The lowest BCUT2D eigenvalue weighted by Gasteiger charge is -2.09. The predicted molar refractivity (Wildman–Crippen MR) is 135 cm³/mol. The second-order valence-electron chi connectivity index (χ2n) is 7.70. The van der Waals surface area contributed by atoms with Gasteiger partial charge in [-0.15, -0.1) is 0 Å². The van der Waals surface area contributed by atoms with Crippen LogP contribution in [-0.2, 0) is 9.53 Å². The van der Waals surface area contributed by atoms with Crippen molar-refractivity contribution in [1.82, 2.24) is 0 Å². The second-order valence-corrected chi connectivity index (χ2v) is 7.70. The number of ether oxygens (including phenoxy) is 4. The fraction of sp³-hybridized carbons (Fsp3) is 0.148. The molecule has 10 heteroatoms. The summed E-state index contributed by atoms with van der Waals surface area (Å²) in [5.74, 6) is -0.631. The van der Waals surface area contributed by atoms with Crippen molar-refractivity contribution in [2.75, 3.05) is 13.2 Å². The van der Waals surface area contributed by atoms with E-state index in [1.165, 1.54) is 48.5 Å². The molecule has 0 unspecified atom stereocenters. The van der Waals surface area contributed by atoms with Gasteiger partial charge in [-0.25, -0.2) is 14.4 Å². The number of unbranched alkanes of at least 4 members (excludes halogenated alkanes) is 1. The van der Waals surface area contributed by atoms with Gasteiger partial charge in [0.15, 0.2) is 0 Å². The molecule has 190 valence electrons. The highest BCUT2D eigenvalue weighted by atomic mass is 16.5. The van der Waals surface area contributed by atoms with Gasteiger partial charge in [-0.2, -0.15) is 0 Å². The molecule has 0 amide bonds. The van der Waals surface area contributed by atoms with Gasteiger partial charge in [-0.05, 0) is 79.0 Å². The highest BCUT2D eigenvalue weighted by Crippen LogP contribution is 2.20. The lowest BCUT2D eigenvalue weighted by Crippen LogP contribution is -2.30. The highest BCUT2D eigenvalue weighted by molar-refractivity contribution is 6.58. The summed E-state index contributed by atoms with van der Waals surface area (Å²) in [6, 6.07) is 18.2. The molecule has 0 aliphatic heterocycles. The summed E-state index contributed by atoms with van der Waals surface area (Å²) < 4.78 is 21.1. The SMILES string of the molecule is C=CC(=O)OCCCCOc1ccc(C(=O)Oc2ccc(OC(=O)c3cccc(B(O)O)c3)cc2)cc1. The second kappa shape index (κ2) is 13.6. The maximum Gasteiger partial charge on any atom is 0.488 e. The molecule has 0 radical (unpaired) electrons. The Morgan fingerprint density at radius 3 is 1.92 bits per heavy atom. The van der Waals surface area contributed by atoms with Crippen molar-refractivity contribution in [3.63, 3.8) is 0 Å². The van der Waals surface area contributed by atoms with Crippen LogP contribution in [0.1, 0.15) is 33.6 Å². The van der Waals surface area contributed by atoms with E-state index < -0.39 is 25.0 Å². The molecule has 0 saturated carbocycles. The van der Waals surface area contributed by atoms with Crippen LogP contribution in [0.25, 0.3) is 0 Å². The number of carbonyl (C=O) groups is 3. The molecule has 3 aromatic rings. The van der Waals surface area contributed by atoms with Crippen molar-refractivity contribution in [2.24, 2.45) is 0 Å². The third-order valence-corrected chi connectivity index (χ3v) is 4.97. The molecule has 3 rings (SSSR count). The number of benzene rings is 3. The van der Waals surface area contributed by atoms with Crippen LogP contribution in [0, 0.1) is 0 Å². The van der Waals surface area contributed by atoms with Gasteiger partial charge in [0.2, 0.25) is 0 Å². The van der Waals surface area contributed by atoms with Crippen LogP contribution < -0.4 is 19.7 Å². The molecule has 37 heavy (non-hydrogen) atoms. The Bertz CT molecular complexity index is 1220. The van der Waals surface area contributed by atoms with E-state index in [1.54, 1.807) is 24.3 Å². The molecule has 0 fully saturated rings. The zero-order chi connectivity index (χ0) is 26.6. The minimum Gasteiger partial charge on any atom is -0.494 e. The molecule has 0 spiro atoms. The summed E-state index contributed by atoms with van der Waals surface area (Å²) in [5, 5.41) is 18.5. The van der Waals surface area contributed by atoms with Crippen LogP contribution in [0.2, 0.25) is 0 Å². The van der Waals surface area contributed by atoms with E-state index in [2.05, 4.69) is 6.58 Å². The highest BCUT2D eigenvalue weighted by Gasteiger charge is 2.15. The first-order valence-electron chi connectivity index (χ1n) is 11.4. The van der Waals surface area contributed by atoms with Crippen molar-refractivity contribution in [3.8, 4) is 17.2 Å². The lowest BCUT2D eigenvalue weighted by molar-refractivity contribution is -0.137. The van der Waals surface area contributed by atoms with Crippen molar-refractivity contribution < 1.29 is 43.4 Å². The molecule has 9 nitrogen and oxygen atoms in total. The molecular weight excluding hydrogens is 479 g/mol. The van der Waals surface area contributed by atoms with E-state index in [1.807, 2.05) is 0 Å². The fourth-order valence-electron chi connectivity index (χ4n) is 3.05. The summed E-state index contributed by atoms with van der Waals surface area (Å²) >= 11 is 0. The standard InChI is InChI=1S/C27H25BO9/c1-2-25(29)35-17-4-3-16-34-22-10-8-19(9-11-22)26(30)36-23-12-14-24(15-13-23)37-27(31)20-6-5-7-21(18-20)28(32)33/h2,5-15,18,32-33H,1,3-4,16-17H2. The van der Waals surface area contributed by atoms with E-state index in [4.69, 9.17) is 18.9 Å². The Morgan fingerprint density at radius 1 is 0.757 bits per heavy atom. The molecule has 0 aliphatic carbocycles. The van der Waals surface area contributed by atoms with Gasteiger partial charge in [0.1, 0.15) is 17.2 Å². The smallest absolute Gasteiger partial charge is 0.488 e. The Hall–Kier alpha value is -4.41. The largest absolute Gasteiger partial charge is 0.494 e. The fourth-order valence-corrected chi connectivity index (χ4v) is 3.05. The first-order valence-corrected chi connectivity index (χ1v) is 11.4. The maximum absolute atomic E-state index is 12.4. The monoisotopic (exact) mass is 504 g/mol. The van der Waals surface area contributed by atoms with Gasteiger partial charge in [0.05, 0.1) is 24.3 Å². The van der Waals surface area contributed by atoms with Gasteiger partial charge in [0, 0.05) is 6.08 Å². The minimum absolute atomic E-state index is 0.155. The Morgan fingerprint density at radius 2 is 1.32 bits per heavy atom. The minimum atomic E-state index is -1.70. The van der Waals surface area contributed by atoms with E-state index in [-0.39, 0.29) is 22.5 Å². The molecule has 0 aliphatic rings. The molecule has 0 aromatic heterocycles. The number of hydrogen-bond acceptors (Lipinski definition) is 9. The number of esters is 3. The van der Waals surface area contributed by atoms with E-state index in [0.717, 1.165) is 6.08 Å². The third kappa shape index (κ3) is 8.64. The normalized spacial score (nSPS) is 10.2. The van der Waals surface area contributed by atoms with Crippen molar-refractivity contribution in [2.45, 2.75) is 12.8 Å². The average Bonchev–Trinajstić information content (AvgIpc) is 2.91. The molecular formula is C27H25BO9. The average molecular weight is 504 g/mol. The van der Waals surface area contributed by atoms with E-state index >= 15 is 0 Å². The third-order valence-electron chi connectivity index (χ3n) is 4.97. The quantitative estimate of drug-likeness (QED) is 0.126. The van der Waals surface area contributed by atoms with Gasteiger partial charge in [0.25, 0.3) is 0 Å². The number of hydrogen-bond donors (Lipinski definition) is 2. The summed E-state index contributed by atoms with van der Waals surface area (Å²) in [5.41, 5.74) is 0.646. The molecule has 0 saturated heterocycles. The lowest BCUT2D eigenvalue weighted by atomic mass is 9.80. The number of carbonyl (C=O) groups excluding carboxylic acids is 3. The van der Waals surface area contributed by atoms with Gasteiger partial charge >= 0.3 is 25.0 Å². The molecule has 3 aromatic carbocycles. The van der Waals surface area contributed by atoms with Crippen LogP contribution in [0.4, 0.5) is 0 Å². The van der Waals surface area contributed by atoms with Crippen LogP contribution in [0.3, 0.4) is 0 Å². The zero-order valence-electron chi connectivity index (χ0n) is 19.9. The van der Waals surface area contributed by atoms with Crippen LogP contribution in [-0.4, -0.2) is 48.3 Å². The van der Waals surface area contributed by atoms with Crippen molar-refractivity contribution in [1.29, 1.82) is 0 Å². The summed E-state index contributed by atoms with van der Waals surface area (Å²) in [6.45, 7) is 4.06. The topological polar surface area (TPSA) is 129 Å². The number of rotatable bonds is 12. The van der Waals surface area contributed by atoms with Crippen molar-refractivity contribution >= 4 is 30.5 Å². The molecule has 2 N–H and O–H groups in total. The summed E-state index contributed by atoms with van der Waals surface area (Å²) in [4.78, 5) is 35.7. The zero-order valence-corrected chi connectivity index (χ0v) is 19.9. The van der Waals surface area contributed by atoms with E-state index in [9.17, 15) is 24.4 Å². The van der Waals surface area contributed by atoms with Crippen LogP contribution in [0.15, 0.2) is 85.5 Å². The first kappa shape index (κ1) is 27.2. The maximum atomic E-state index is 12.4. The predicted octanol–water partition coefficient (Wildman–Crippen LogP) is 2.69. The molecule has 0 atom stereocenters. The first-order chi connectivity index (χ1) is 17.9. The van der Waals surface area contributed by atoms with Gasteiger partial charge in [-0.3, -0.25) is 0 Å².